The molecule has 4 nitrogen and oxygen atoms in total. The van der Waals surface area contributed by atoms with Crippen LogP contribution >= 0.6 is 11.6 Å². The Labute approximate surface area is 137 Å². The summed E-state index contributed by atoms with van der Waals surface area (Å²) in [6.07, 6.45) is 0.219. The minimum atomic E-state index is -0.354. The van der Waals surface area contributed by atoms with Gasteiger partial charge in [0.15, 0.2) is 0 Å². The summed E-state index contributed by atoms with van der Waals surface area (Å²) in [4.78, 5) is 25.8. The number of amides is 2. The van der Waals surface area contributed by atoms with Gasteiger partial charge in [-0.05, 0) is 48.5 Å². The Bertz CT molecular complexity index is 731. The quantitative estimate of drug-likeness (QED) is 0.939. The van der Waals surface area contributed by atoms with Crippen LogP contribution in [0.2, 0.25) is 5.02 Å². The summed E-state index contributed by atoms with van der Waals surface area (Å²) in [5.74, 6) is -0.702. The largest absolute Gasteiger partial charge is 0.347 e. The molecule has 1 aliphatic rings. The third-order valence-corrected chi connectivity index (χ3v) is 3.96. The molecule has 0 saturated carbocycles. The number of nitrogens with zero attached hydrogens (tertiary/aromatic N) is 1. The molecule has 0 aromatic heterocycles. The predicted molar refractivity (Wildman–Crippen MR) is 86.1 cm³/mol. The molecule has 0 spiro atoms. The molecule has 2 aromatic carbocycles. The first kappa shape index (κ1) is 15.5. The minimum Gasteiger partial charge on any atom is -0.347 e. The first-order valence-electron chi connectivity index (χ1n) is 7.15. The van der Waals surface area contributed by atoms with Crippen LogP contribution in [-0.2, 0) is 4.79 Å². The Morgan fingerprint density at radius 1 is 1.13 bits per heavy atom. The van der Waals surface area contributed by atoms with Crippen LogP contribution in [0.5, 0.6) is 0 Å². The maximum Gasteiger partial charge on any atom is 0.251 e. The van der Waals surface area contributed by atoms with E-state index >= 15 is 0 Å². The molecule has 118 valence electrons. The van der Waals surface area contributed by atoms with Crippen LogP contribution in [0.4, 0.5) is 10.1 Å². The second-order valence-corrected chi connectivity index (χ2v) is 5.80. The summed E-state index contributed by atoms with van der Waals surface area (Å²) in [7, 11) is 0. The zero-order valence-electron chi connectivity index (χ0n) is 12.1. The average molecular weight is 333 g/mol. The fourth-order valence-corrected chi connectivity index (χ4v) is 2.67. The highest BCUT2D eigenvalue weighted by Gasteiger charge is 2.31. The van der Waals surface area contributed by atoms with E-state index in [1.165, 1.54) is 12.1 Å². The number of carbonyl (C=O) groups excluding carboxylic acids is 2. The van der Waals surface area contributed by atoms with Crippen LogP contribution in [-0.4, -0.2) is 24.4 Å². The number of benzene rings is 2. The van der Waals surface area contributed by atoms with Crippen LogP contribution in [0.15, 0.2) is 48.5 Å². The van der Waals surface area contributed by atoms with E-state index in [4.69, 9.17) is 11.6 Å². The van der Waals surface area contributed by atoms with Gasteiger partial charge >= 0.3 is 0 Å². The second-order valence-electron chi connectivity index (χ2n) is 5.36. The number of rotatable bonds is 3. The van der Waals surface area contributed by atoms with Crippen LogP contribution in [0.1, 0.15) is 16.8 Å². The van der Waals surface area contributed by atoms with E-state index in [0.29, 0.717) is 22.8 Å². The van der Waals surface area contributed by atoms with E-state index in [1.807, 2.05) is 0 Å². The zero-order chi connectivity index (χ0) is 16.4. The molecule has 1 fully saturated rings. The first-order valence-corrected chi connectivity index (χ1v) is 7.53. The highest BCUT2D eigenvalue weighted by atomic mass is 35.5. The number of anilines is 1. The summed E-state index contributed by atoms with van der Waals surface area (Å²) in [6.45, 7) is 0.365. The van der Waals surface area contributed by atoms with Gasteiger partial charge in [-0.25, -0.2) is 4.39 Å². The summed E-state index contributed by atoms with van der Waals surface area (Å²) in [5.41, 5.74) is 1.11. The monoisotopic (exact) mass is 332 g/mol. The van der Waals surface area contributed by atoms with Gasteiger partial charge in [0.05, 0.1) is 6.04 Å². The van der Waals surface area contributed by atoms with E-state index in [2.05, 4.69) is 5.32 Å². The molecule has 2 aromatic rings. The van der Waals surface area contributed by atoms with Gasteiger partial charge in [-0.3, -0.25) is 9.59 Å². The van der Waals surface area contributed by atoms with E-state index in [-0.39, 0.29) is 30.1 Å². The lowest BCUT2D eigenvalue weighted by atomic mass is 10.2. The van der Waals surface area contributed by atoms with Crippen LogP contribution in [0.25, 0.3) is 0 Å². The number of nitrogens with one attached hydrogen (secondary N) is 1. The molecular weight excluding hydrogens is 319 g/mol. The van der Waals surface area contributed by atoms with Gasteiger partial charge in [-0.2, -0.15) is 0 Å². The maximum absolute atomic E-state index is 13.0. The minimum absolute atomic E-state index is 0.0991. The van der Waals surface area contributed by atoms with Crippen molar-refractivity contribution in [3.05, 3.63) is 64.9 Å². The third kappa shape index (κ3) is 3.51. The summed E-state index contributed by atoms with van der Waals surface area (Å²) in [5, 5.41) is 3.39. The maximum atomic E-state index is 13.0. The number of hydrogen-bond donors (Lipinski definition) is 1. The number of halogens is 2. The standard InChI is InChI=1S/C17H14ClFN2O2/c18-12-3-1-11(2-4-12)17(23)20-14-9-16(22)21(10-14)15-7-5-13(19)6-8-15/h1-8,14H,9-10H2,(H,20,23). The van der Waals surface area contributed by atoms with Gasteiger partial charge in [0.1, 0.15) is 5.82 Å². The van der Waals surface area contributed by atoms with Crippen molar-refractivity contribution < 1.29 is 14.0 Å². The zero-order valence-corrected chi connectivity index (χ0v) is 12.9. The SMILES string of the molecule is O=C(NC1CC(=O)N(c2ccc(F)cc2)C1)c1ccc(Cl)cc1. The predicted octanol–water partition coefficient (Wildman–Crippen LogP) is 3.01. The Balaban J connectivity index is 1.66. The van der Waals surface area contributed by atoms with E-state index in [9.17, 15) is 14.0 Å². The molecule has 1 atom stereocenters. The second kappa shape index (κ2) is 6.38. The molecule has 0 aliphatic carbocycles. The number of carbonyl (C=O) groups is 2. The van der Waals surface area contributed by atoms with Gasteiger partial charge in [0.2, 0.25) is 5.91 Å². The van der Waals surface area contributed by atoms with Crippen LogP contribution < -0.4 is 10.2 Å². The molecular formula is C17H14ClFN2O2. The Kier molecular flexibility index (Phi) is 4.30. The Hall–Kier alpha value is -2.40. The molecule has 23 heavy (non-hydrogen) atoms. The van der Waals surface area contributed by atoms with E-state index in [0.717, 1.165) is 0 Å². The molecule has 6 heteroatoms. The van der Waals surface area contributed by atoms with Crippen molar-refractivity contribution in [1.29, 1.82) is 0 Å². The van der Waals surface area contributed by atoms with E-state index < -0.39 is 0 Å². The normalized spacial score (nSPS) is 17.4. The average Bonchev–Trinajstić information content (AvgIpc) is 2.89. The molecule has 1 aliphatic heterocycles. The molecule has 0 radical (unpaired) electrons. The van der Waals surface area contributed by atoms with Gasteiger partial charge in [-0.1, -0.05) is 11.6 Å². The molecule has 1 N–H and O–H groups in total. The molecule has 3 rings (SSSR count). The molecule has 1 unspecified atom stereocenters. The van der Waals surface area contributed by atoms with Gasteiger partial charge in [0.25, 0.3) is 5.91 Å². The first-order chi connectivity index (χ1) is 11.0. The highest BCUT2D eigenvalue weighted by Crippen LogP contribution is 2.22. The Morgan fingerprint density at radius 3 is 2.43 bits per heavy atom. The Morgan fingerprint density at radius 2 is 1.78 bits per heavy atom. The van der Waals surface area contributed by atoms with Crippen molar-refractivity contribution in [3.8, 4) is 0 Å². The third-order valence-electron chi connectivity index (χ3n) is 3.70. The molecule has 1 heterocycles. The summed E-state index contributed by atoms with van der Waals surface area (Å²) < 4.78 is 13.0. The molecule has 2 amide bonds. The topological polar surface area (TPSA) is 49.4 Å². The van der Waals surface area contributed by atoms with Crippen molar-refractivity contribution in [3.63, 3.8) is 0 Å². The van der Waals surface area contributed by atoms with E-state index in [1.54, 1.807) is 41.3 Å². The molecule has 1 saturated heterocycles. The molecule has 0 bridgehead atoms. The van der Waals surface area contributed by atoms with Crippen molar-refractivity contribution >= 4 is 29.1 Å². The lowest BCUT2D eigenvalue weighted by Crippen LogP contribution is -2.37. The van der Waals surface area contributed by atoms with Crippen LogP contribution in [0.3, 0.4) is 0 Å². The summed E-state index contributed by atoms with van der Waals surface area (Å²) >= 11 is 5.79. The lowest BCUT2D eigenvalue weighted by Gasteiger charge is -2.17. The fraction of sp³-hybridized carbons (Fsp3) is 0.176. The van der Waals surface area contributed by atoms with Gasteiger partial charge in [0, 0.05) is 29.2 Å². The van der Waals surface area contributed by atoms with Crippen molar-refractivity contribution in [2.24, 2.45) is 0 Å². The van der Waals surface area contributed by atoms with Crippen molar-refractivity contribution in [2.75, 3.05) is 11.4 Å². The fourth-order valence-electron chi connectivity index (χ4n) is 2.54. The summed E-state index contributed by atoms with van der Waals surface area (Å²) in [6, 6.07) is 12.0. The van der Waals surface area contributed by atoms with Crippen LogP contribution in [0, 0.1) is 5.82 Å². The smallest absolute Gasteiger partial charge is 0.251 e. The highest BCUT2D eigenvalue weighted by molar-refractivity contribution is 6.30. The number of hydrogen-bond acceptors (Lipinski definition) is 2. The van der Waals surface area contributed by atoms with Crippen molar-refractivity contribution in [1.82, 2.24) is 5.32 Å². The van der Waals surface area contributed by atoms with Crippen molar-refractivity contribution in [2.45, 2.75) is 12.5 Å². The van der Waals surface area contributed by atoms with Gasteiger partial charge < -0.3 is 10.2 Å². The lowest BCUT2D eigenvalue weighted by molar-refractivity contribution is -0.117. The van der Waals surface area contributed by atoms with Gasteiger partial charge in [-0.15, -0.1) is 0 Å².